The summed E-state index contributed by atoms with van der Waals surface area (Å²) in [7, 11) is 0. The van der Waals surface area contributed by atoms with E-state index >= 15 is 0 Å². The number of esters is 1. The van der Waals surface area contributed by atoms with Crippen molar-refractivity contribution in [1.82, 2.24) is 9.97 Å². The Morgan fingerprint density at radius 1 is 1.50 bits per heavy atom. The van der Waals surface area contributed by atoms with Crippen LogP contribution in [0, 0.1) is 18.3 Å². The average Bonchev–Trinajstić information content (AvgIpc) is 2.36. The molecule has 5 nitrogen and oxygen atoms in total. The molecule has 0 amide bonds. The summed E-state index contributed by atoms with van der Waals surface area (Å²) in [6.07, 6.45) is 1.86. The first-order chi connectivity index (χ1) is 8.62. The normalized spacial score (nSPS) is 9.89. The lowest BCUT2D eigenvalue weighted by Crippen LogP contribution is -2.07. The SMILES string of the molecule is CCOC(=O)CSc1nc(SC)nc(C)c1C#N. The van der Waals surface area contributed by atoms with Crippen LogP contribution in [0.1, 0.15) is 18.2 Å². The zero-order valence-corrected chi connectivity index (χ0v) is 12.0. The topological polar surface area (TPSA) is 75.9 Å². The Balaban J connectivity index is 2.90. The van der Waals surface area contributed by atoms with Gasteiger partial charge in [0.2, 0.25) is 0 Å². The maximum absolute atomic E-state index is 11.3. The summed E-state index contributed by atoms with van der Waals surface area (Å²) >= 11 is 2.60. The first-order valence-electron chi connectivity index (χ1n) is 5.23. The second kappa shape index (κ2) is 7.24. The first-order valence-corrected chi connectivity index (χ1v) is 7.44. The predicted molar refractivity (Wildman–Crippen MR) is 70.6 cm³/mol. The van der Waals surface area contributed by atoms with Crippen molar-refractivity contribution >= 4 is 29.5 Å². The number of carbonyl (C=O) groups is 1. The van der Waals surface area contributed by atoms with Crippen LogP contribution in [0.2, 0.25) is 0 Å². The van der Waals surface area contributed by atoms with Gasteiger partial charge in [0.25, 0.3) is 0 Å². The Morgan fingerprint density at radius 3 is 2.78 bits per heavy atom. The Morgan fingerprint density at radius 2 is 2.22 bits per heavy atom. The van der Waals surface area contributed by atoms with Crippen molar-refractivity contribution < 1.29 is 9.53 Å². The van der Waals surface area contributed by atoms with E-state index in [-0.39, 0.29) is 11.7 Å². The molecular weight excluding hydrogens is 270 g/mol. The van der Waals surface area contributed by atoms with Crippen LogP contribution in [0.15, 0.2) is 10.2 Å². The van der Waals surface area contributed by atoms with Gasteiger partial charge in [0.05, 0.1) is 18.1 Å². The van der Waals surface area contributed by atoms with Crippen molar-refractivity contribution in [2.45, 2.75) is 24.0 Å². The monoisotopic (exact) mass is 283 g/mol. The van der Waals surface area contributed by atoms with Crippen LogP contribution in [0.5, 0.6) is 0 Å². The Kier molecular flexibility index (Phi) is 5.95. The third-order valence-electron chi connectivity index (χ3n) is 1.96. The number of ether oxygens (including phenoxy) is 1. The van der Waals surface area contributed by atoms with Gasteiger partial charge in [-0.2, -0.15) is 5.26 Å². The Hall–Kier alpha value is -1.26. The molecule has 0 unspecified atom stereocenters. The number of hydrogen-bond donors (Lipinski definition) is 0. The van der Waals surface area contributed by atoms with Crippen LogP contribution >= 0.6 is 23.5 Å². The fourth-order valence-corrected chi connectivity index (χ4v) is 2.47. The minimum Gasteiger partial charge on any atom is -0.465 e. The van der Waals surface area contributed by atoms with Crippen molar-refractivity contribution in [2.75, 3.05) is 18.6 Å². The van der Waals surface area contributed by atoms with E-state index < -0.39 is 0 Å². The zero-order valence-electron chi connectivity index (χ0n) is 10.4. The van der Waals surface area contributed by atoms with Gasteiger partial charge in [-0.1, -0.05) is 23.5 Å². The van der Waals surface area contributed by atoms with Gasteiger partial charge in [-0.25, -0.2) is 9.97 Å². The molecule has 0 aromatic carbocycles. The number of thioether (sulfide) groups is 2. The smallest absolute Gasteiger partial charge is 0.316 e. The van der Waals surface area contributed by atoms with Crippen molar-refractivity contribution in [3.05, 3.63) is 11.3 Å². The lowest BCUT2D eigenvalue weighted by Gasteiger charge is -2.06. The van der Waals surface area contributed by atoms with Gasteiger partial charge in [0.1, 0.15) is 16.7 Å². The number of carbonyl (C=O) groups excluding carboxylic acids is 1. The second-order valence-electron chi connectivity index (χ2n) is 3.18. The van der Waals surface area contributed by atoms with E-state index in [9.17, 15) is 4.79 Å². The molecule has 18 heavy (non-hydrogen) atoms. The maximum Gasteiger partial charge on any atom is 0.316 e. The van der Waals surface area contributed by atoms with Crippen LogP contribution in [0.3, 0.4) is 0 Å². The van der Waals surface area contributed by atoms with E-state index in [0.717, 1.165) is 0 Å². The van der Waals surface area contributed by atoms with E-state index in [1.54, 1.807) is 13.8 Å². The zero-order chi connectivity index (χ0) is 13.5. The van der Waals surface area contributed by atoms with Gasteiger partial charge in [0, 0.05) is 0 Å². The molecule has 0 radical (unpaired) electrons. The van der Waals surface area contributed by atoms with Gasteiger partial charge in [-0.05, 0) is 20.1 Å². The number of rotatable bonds is 5. The second-order valence-corrected chi connectivity index (χ2v) is 4.92. The van der Waals surface area contributed by atoms with Crippen molar-refractivity contribution in [1.29, 1.82) is 5.26 Å². The number of nitrogens with zero attached hydrogens (tertiary/aromatic N) is 3. The third kappa shape index (κ3) is 3.89. The number of aryl methyl sites for hydroxylation is 1. The molecule has 1 heterocycles. The molecule has 0 saturated heterocycles. The van der Waals surface area contributed by atoms with Gasteiger partial charge in [0.15, 0.2) is 5.16 Å². The summed E-state index contributed by atoms with van der Waals surface area (Å²) in [5, 5.41) is 10.2. The molecule has 1 rings (SSSR count). The van der Waals surface area contributed by atoms with Crippen LogP contribution in [0.25, 0.3) is 0 Å². The lowest BCUT2D eigenvalue weighted by molar-refractivity contribution is -0.139. The first kappa shape index (κ1) is 14.8. The van der Waals surface area contributed by atoms with Crippen LogP contribution in [-0.4, -0.2) is 34.6 Å². The van der Waals surface area contributed by atoms with Crippen LogP contribution in [0.4, 0.5) is 0 Å². The van der Waals surface area contributed by atoms with E-state index in [0.29, 0.717) is 28.0 Å². The molecule has 7 heteroatoms. The van der Waals surface area contributed by atoms with Gasteiger partial charge >= 0.3 is 5.97 Å². The quantitative estimate of drug-likeness (QED) is 0.354. The van der Waals surface area contributed by atoms with E-state index in [2.05, 4.69) is 16.0 Å². The number of nitriles is 1. The predicted octanol–water partition coefficient (Wildman–Crippen LogP) is 2.03. The maximum atomic E-state index is 11.3. The van der Waals surface area contributed by atoms with Crippen molar-refractivity contribution in [3.63, 3.8) is 0 Å². The van der Waals surface area contributed by atoms with Crippen molar-refractivity contribution in [3.8, 4) is 6.07 Å². The summed E-state index contributed by atoms with van der Waals surface area (Å²) in [6, 6.07) is 2.06. The molecule has 0 N–H and O–H groups in total. The Labute approximate surface area is 114 Å². The minimum atomic E-state index is -0.312. The molecule has 0 atom stereocenters. The highest BCUT2D eigenvalue weighted by Gasteiger charge is 2.13. The molecule has 1 aromatic heterocycles. The van der Waals surface area contributed by atoms with Gasteiger partial charge in [-0.3, -0.25) is 4.79 Å². The molecule has 0 aliphatic heterocycles. The highest BCUT2D eigenvalue weighted by Crippen LogP contribution is 2.24. The average molecular weight is 283 g/mol. The fraction of sp³-hybridized carbons (Fsp3) is 0.455. The molecule has 0 saturated carbocycles. The highest BCUT2D eigenvalue weighted by atomic mass is 32.2. The lowest BCUT2D eigenvalue weighted by atomic mass is 10.3. The van der Waals surface area contributed by atoms with Crippen LogP contribution in [-0.2, 0) is 9.53 Å². The molecule has 0 fully saturated rings. The fourth-order valence-electron chi connectivity index (χ4n) is 1.18. The van der Waals surface area contributed by atoms with Gasteiger partial charge in [-0.15, -0.1) is 0 Å². The molecule has 96 valence electrons. The summed E-state index contributed by atoms with van der Waals surface area (Å²) in [5.41, 5.74) is 1.05. The number of hydrogen-bond acceptors (Lipinski definition) is 7. The van der Waals surface area contributed by atoms with E-state index in [1.807, 2.05) is 6.26 Å². The standard InChI is InChI=1S/C11H13N3O2S2/c1-4-16-9(15)6-18-10-8(5-12)7(2)13-11(14-10)17-3/h4,6H2,1-3H3. The minimum absolute atomic E-state index is 0.146. The molecular formula is C11H13N3O2S2. The molecule has 1 aromatic rings. The summed E-state index contributed by atoms with van der Waals surface area (Å²) in [4.78, 5) is 19.7. The van der Waals surface area contributed by atoms with E-state index in [1.165, 1.54) is 23.5 Å². The molecule has 0 aliphatic rings. The summed E-state index contributed by atoms with van der Waals surface area (Å²) < 4.78 is 4.83. The highest BCUT2D eigenvalue weighted by molar-refractivity contribution is 8.00. The van der Waals surface area contributed by atoms with Gasteiger partial charge < -0.3 is 4.74 Å². The largest absolute Gasteiger partial charge is 0.465 e. The van der Waals surface area contributed by atoms with Crippen molar-refractivity contribution in [2.24, 2.45) is 0 Å². The number of aromatic nitrogens is 2. The molecule has 0 bridgehead atoms. The Bertz CT molecular complexity index is 486. The molecule has 0 aliphatic carbocycles. The van der Waals surface area contributed by atoms with E-state index in [4.69, 9.17) is 10.00 Å². The summed E-state index contributed by atoms with van der Waals surface area (Å²) in [5.74, 6) is -0.166. The third-order valence-corrected chi connectivity index (χ3v) is 3.46. The molecule has 0 spiro atoms. The summed E-state index contributed by atoms with van der Waals surface area (Å²) in [6.45, 7) is 3.86. The van der Waals surface area contributed by atoms with Crippen LogP contribution < -0.4 is 0 Å².